The lowest BCUT2D eigenvalue weighted by atomic mass is 9.85. The topological polar surface area (TPSA) is 24.1 Å². The standard InChI is InChI=1S/C10H20N2S/c1-10(13)5-8-3-2-4-12-9(8)6-11-7-10/h8-9,11-13H,2-7H2,1H3. The second kappa shape index (κ2) is 3.79. The fourth-order valence-corrected chi connectivity index (χ4v) is 2.98. The Bertz CT molecular complexity index is 182. The number of thiol groups is 1. The molecular formula is C10H20N2S. The number of piperidine rings is 1. The molecule has 0 aliphatic carbocycles. The van der Waals surface area contributed by atoms with E-state index in [1.807, 2.05) is 0 Å². The zero-order chi connectivity index (χ0) is 9.31. The van der Waals surface area contributed by atoms with Crippen LogP contribution < -0.4 is 10.6 Å². The van der Waals surface area contributed by atoms with Crippen molar-refractivity contribution in [2.45, 2.75) is 37.0 Å². The molecule has 3 atom stereocenters. The largest absolute Gasteiger partial charge is 0.314 e. The molecule has 2 N–H and O–H groups in total. The smallest absolute Gasteiger partial charge is 0.0229 e. The van der Waals surface area contributed by atoms with Gasteiger partial charge in [0.05, 0.1) is 0 Å². The third kappa shape index (κ3) is 2.39. The normalized spacial score (nSPS) is 46.6. The van der Waals surface area contributed by atoms with Crippen LogP contribution in [0.15, 0.2) is 0 Å². The summed E-state index contributed by atoms with van der Waals surface area (Å²) in [5.41, 5.74) is 0. The first-order valence-electron chi connectivity index (χ1n) is 5.34. The molecule has 0 aromatic carbocycles. The van der Waals surface area contributed by atoms with Gasteiger partial charge < -0.3 is 10.6 Å². The Morgan fingerprint density at radius 1 is 1.46 bits per heavy atom. The quantitative estimate of drug-likeness (QED) is 0.509. The molecule has 0 aromatic heterocycles. The van der Waals surface area contributed by atoms with Crippen LogP contribution in [0.25, 0.3) is 0 Å². The van der Waals surface area contributed by atoms with E-state index in [-0.39, 0.29) is 4.75 Å². The van der Waals surface area contributed by atoms with Gasteiger partial charge in [0.1, 0.15) is 0 Å². The first kappa shape index (κ1) is 9.81. The van der Waals surface area contributed by atoms with Crippen LogP contribution in [-0.2, 0) is 0 Å². The van der Waals surface area contributed by atoms with E-state index in [1.54, 1.807) is 0 Å². The Hall–Kier alpha value is 0.270. The Morgan fingerprint density at radius 3 is 3.15 bits per heavy atom. The predicted octanol–water partition coefficient (Wildman–Crippen LogP) is 1.04. The maximum atomic E-state index is 4.71. The zero-order valence-corrected chi connectivity index (χ0v) is 9.24. The Labute approximate surface area is 86.3 Å². The summed E-state index contributed by atoms with van der Waals surface area (Å²) in [4.78, 5) is 0. The average Bonchev–Trinajstić information content (AvgIpc) is 2.21. The maximum Gasteiger partial charge on any atom is 0.0229 e. The molecule has 2 fully saturated rings. The van der Waals surface area contributed by atoms with Crippen LogP contribution in [0.5, 0.6) is 0 Å². The van der Waals surface area contributed by atoms with Crippen molar-refractivity contribution < 1.29 is 0 Å². The van der Waals surface area contributed by atoms with Gasteiger partial charge in [0.15, 0.2) is 0 Å². The molecular weight excluding hydrogens is 180 g/mol. The highest BCUT2D eigenvalue weighted by Crippen LogP contribution is 2.31. The molecule has 0 aromatic rings. The molecule has 0 saturated carbocycles. The molecule has 2 heterocycles. The number of fused-ring (bicyclic) bond motifs is 1. The van der Waals surface area contributed by atoms with Gasteiger partial charge in [-0.1, -0.05) is 0 Å². The Balaban J connectivity index is 2.03. The third-order valence-corrected chi connectivity index (χ3v) is 3.64. The monoisotopic (exact) mass is 200 g/mol. The number of nitrogens with one attached hydrogen (secondary N) is 2. The number of hydrogen-bond acceptors (Lipinski definition) is 3. The zero-order valence-electron chi connectivity index (χ0n) is 8.34. The molecule has 2 nitrogen and oxygen atoms in total. The fraction of sp³-hybridized carbons (Fsp3) is 1.00. The molecule has 13 heavy (non-hydrogen) atoms. The molecule has 0 spiro atoms. The van der Waals surface area contributed by atoms with Crippen LogP contribution in [-0.4, -0.2) is 30.4 Å². The van der Waals surface area contributed by atoms with E-state index in [0.717, 1.165) is 19.0 Å². The summed E-state index contributed by atoms with van der Waals surface area (Å²) >= 11 is 4.71. The van der Waals surface area contributed by atoms with E-state index in [1.165, 1.54) is 25.8 Å². The van der Waals surface area contributed by atoms with Gasteiger partial charge in [-0.2, -0.15) is 12.6 Å². The van der Waals surface area contributed by atoms with Crippen molar-refractivity contribution in [1.29, 1.82) is 0 Å². The van der Waals surface area contributed by atoms with Crippen LogP contribution in [0, 0.1) is 5.92 Å². The van der Waals surface area contributed by atoms with Gasteiger partial charge in [-0.3, -0.25) is 0 Å². The first-order valence-corrected chi connectivity index (χ1v) is 5.79. The van der Waals surface area contributed by atoms with E-state index in [0.29, 0.717) is 6.04 Å². The van der Waals surface area contributed by atoms with Crippen LogP contribution in [0.1, 0.15) is 26.2 Å². The summed E-state index contributed by atoms with van der Waals surface area (Å²) in [5, 5.41) is 7.10. The summed E-state index contributed by atoms with van der Waals surface area (Å²) in [7, 11) is 0. The molecule has 0 bridgehead atoms. The minimum Gasteiger partial charge on any atom is -0.314 e. The lowest BCUT2D eigenvalue weighted by Gasteiger charge is -2.33. The predicted molar refractivity (Wildman–Crippen MR) is 59.4 cm³/mol. The van der Waals surface area contributed by atoms with Gasteiger partial charge in [-0.05, 0) is 38.6 Å². The molecule has 2 aliphatic heterocycles. The summed E-state index contributed by atoms with van der Waals surface area (Å²) in [6.07, 6.45) is 3.97. The summed E-state index contributed by atoms with van der Waals surface area (Å²) in [6, 6.07) is 0.697. The summed E-state index contributed by atoms with van der Waals surface area (Å²) < 4.78 is 0.193. The van der Waals surface area contributed by atoms with Crippen LogP contribution >= 0.6 is 12.6 Å². The molecule has 2 rings (SSSR count). The summed E-state index contributed by atoms with van der Waals surface area (Å²) in [6.45, 7) is 5.62. The molecule has 2 aliphatic rings. The second-order valence-corrected chi connectivity index (χ2v) is 5.87. The van der Waals surface area contributed by atoms with Crippen molar-refractivity contribution in [2.24, 2.45) is 5.92 Å². The van der Waals surface area contributed by atoms with Gasteiger partial charge >= 0.3 is 0 Å². The molecule has 0 amide bonds. The van der Waals surface area contributed by atoms with E-state index in [2.05, 4.69) is 17.6 Å². The van der Waals surface area contributed by atoms with Crippen molar-refractivity contribution in [2.75, 3.05) is 19.6 Å². The van der Waals surface area contributed by atoms with Crippen molar-refractivity contribution in [3.8, 4) is 0 Å². The number of rotatable bonds is 0. The lowest BCUT2D eigenvalue weighted by Crippen LogP contribution is -2.45. The van der Waals surface area contributed by atoms with Crippen molar-refractivity contribution >= 4 is 12.6 Å². The molecule has 76 valence electrons. The molecule has 3 unspecified atom stereocenters. The van der Waals surface area contributed by atoms with Crippen LogP contribution in [0.2, 0.25) is 0 Å². The van der Waals surface area contributed by atoms with E-state index < -0.39 is 0 Å². The average molecular weight is 200 g/mol. The SMILES string of the molecule is CC1(S)CNCC2NCCCC2C1. The van der Waals surface area contributed by atoms with E-state index in [9.17, 15) is 0 Å². The Kier molecular flexibility index (Phi) is 2.86. The number of hydrogen-bond donors (Lipinski definition) is 3. The van der Waals surface area contributed by atoms with Gasteiger partial charge in [-0.15, -0.1) is 0 Å². The minimum absolute atomic E-state index is 0.193. The van der Waals surface area contributed by atoms with Gasteiger partial charge in [0, 0.05) is 23.9 Å². The van der Waals surface area contributed by atoms with Crippen molar-refractivity contribution in [1.82, 2.24) is 10.6 Å². The highest BCUT2D eigenvalue weighted by Gasteiger charge is 2.33. The highest BCUT2D eigenvalue weighted by atomic mass is 32.1. The van der Waals surface area contributed by atoms with Crippen molar-refractivity contribution in [3.63, 3.8) is 0 Å². The van der Waals surface area contributed by atoms with E-state index >= 15 is 0 Å². The summed E-state index contributed by atoms with van der Waals surface area (Å²) in [5.74, 6) is 0.839. The second-order valence-electron chi connectivity index (χ2n) is 4.79. The first-order chi connectivity index (χ1) is 6.17. The fourth-order valence-electron chi connectivity index (χ4n) is 2.64. The molecule has 3 heteroatoms. The Morgan fingerprint density at radius 2 is 2.31 bits per heavy atom. The van der Waals surface area contributed by atoms with Gasteiger partial charge in [-0.25, -0.2) is 0 Å². The highest BCUT2D eigenvalue weighted by molar-refractivity contribution is 7.81. The van der Waals surface area contributed by atoms with E-state index in [4.69, 9.17) is 12.6 Å². The maximum absolute atomic E-state index is 4.71. The minimum atomic E-state index is 0.193. The molecule has 0 radical (unpaired) electrons. The van der Waals surface area contributed by atoms with Gasteiger partial charge in [0.2, 0.25) is 0 Å². The molecule has 2 saturated heterocycles. The third-order valence-electron chi connectivity index (χ3n) is 3.30. The van der Waals surface area contributed by atoms with Crippen LogP contribution in [0.3, 0.4) is 0 Å². The van der Waals surface area contributed by atoms with Crippen LogP contribution in [0.4, 0.5) is 0 Å². The van der Waals surface area contributed by atoms with Crippen molar-refractivity contribution in [3.05, 3.63) is 0 Å². The van der Waals surface area contributed by atoms with Gasteiger partial charge in [0.25, 0.3) is 0 Å². The lowest BCUT2D eigenvalue weighted by molar-refractivity contribution is 0.268.